The van der Waals surface area contributed by atoms with Crippen LogP contribution >= 0.6 is 24.0 Å². The van der Waals surface area contributed by atoms with Gasteiger partial charge in [0, 0.05) is 12.2 Å². The molecule has 0 saturated carbocycles. The number of hydrogen-bond acceptors (Lipinski definition) is 4. The second-order valence-corrected chi connectivity index (χ2v) is 5.43. The molecule has 3 N–H and O–H groups in total. The molecule has 21 heavy (non-hydrogen) atoms. The molecule has 0 aliphatic carbocycles. The average Bonchev–Trinajstić information content (AvgIpc) is 2.86. The maximum atomic E-state index is 12.0. The Morgan fingerprint density at radius 2 is 2.33 bits per heavy atom. The molecule has 0 radical (unpaired) electrons. The van der Waals surface area contributed by atoms with Gasteiger partial charge < -0.3 is 15.8 Å². The first-order valence-corrected chi connectivity index (χ1v) is 7.06. The molecule has 1 aromatic rings. The van der Waals surface area contributed by atoms with Crippen LogP contribution in [0.15, 0.2) is 18.2 Å². The second-order valence-electron chi connectivity index (χ2n) is 5.02. The van der Waals surface area contributed by atoms with Crippen molar-refractivity contribution in [1.29, 1.82) is 0 Å². The predicted octanol–water partition coefficient (Wildman–Crippen LogP) is 1.99. The molecule has 1 aliphatic heterocycles. The van der Waals surface area contributed by atoms with Crippen LogP contribution in [-0.4, -0.2) is 44.1 Å². The summed E-state index contributed by atoms with van der Waals surface area (Å²) in [6.45, 7) is 2.90. The van der Waals surface area contributed by atoms with E-state index in [0.29, 0.717) is 35.5 Å². The molecule has 1 amide bonds. The maximum absolute atomic E-state index is 12.0. The van der Waals surface area contributed by atoms with Gasteiger partial charge in [-0.05, 0) is 43.6 Å². The van der Waals surface area contributed by atoms with Gasteiger partial charge in [0.25, 0.3) is 0 Å². The van der Waals surface area contributed by atoms with Crippen molar-refractivity contribution in [2.45, 2.75) is 6.42 Å². The van der Waals surface area contributed by atoms with Crippen LogP contribution in [0.1, 0.15) is 6.42 Å². The van der Waals surface area contributed by atoms with Crippen molar-refractivity contribution in [1.82, 2.24) is 4.90 Å². The van der Waals surface area contributed by atoms with Gasteiger partial charge in [-0.15, -0.1) is 12.4 Å². The van der Waals surface area contributed by atoms with Gasteiger partial charge in [-0.25, -0.2) is 0 Å². The number of hydrogen-bond donors (Lipinski definition) is 2. The lowest BCUT2D eigenvalue weighted by molar-refractivity contribution is -0.117. The first-order chi connectivity index (χ1) is 9.62. The number of anilines is 1. The van der Waals surface area contributed by atoms with Gasteiger partial charge in [0.1, 0.15) is 5.75 Å². The zero-order chi connectivity index (χ0) is 14.5. The molecule has 5 nitrogen and oxygen atoms in total. The number of benzene rings is 1. The highest BCUT2D eigenvalue weighted by atomic mass is 35.5. The molecular formula is C14H21Cl2N3O2. The summed E-state index contributed by atoms with van der Waals surface area (Å²) in [7, 11) is 1.56. The Morgan fingerprint density at radius 3 is 2.90 bits per heavy atom. The highest BCUT2D eigenvalue weighted by Crippen LogP contribution is 2.27. The Hall–Kier alpha value is -1.01. The molecule has 1 heterocycles. The third-order valence-electron chi connectivity index (χ3n) is 3.51. The third-order valence-corrected chi connectivity index (χ3v) is 3.80. The molecule has 0 spiro atoms. The summed E-state index contributed by atoms with van der Waals surface area (Å²) >= 11 is 6.02. The lowest BCUT2D eigenvalue weighted by Crippen LogP contribution is -2.32. The van der Waals surface area contributed by atoms with E-state index in [1.807, 2.05) is 0 Å². The van der Waals surface area contributed by atoms with Gasteiger partial charge >= 0.3 is 0 Å². The first kappa shape index (κ1) is 18.0. The van der Waals surface area contributed by atoms with Crippen molar-refractivity contribution in [2.24, 2.45) is 11.7 Å². The van der Waals surface area contributed by atoms with Crippen molar-refractivity contribution >= 4 is 35.6 Å². The van der Waals surface area contributed by atoms with Crippen molar-refractivity contribution in [3.05, 3.63) is 23.2 Å². The number of nitrogens with one attached hydrogen (secondary N) is 1. The summed E-state index contributed by atoms with van der Waals surface area (Å²) in [4.78, 5) is 14.1. The average molecular weight is 334 g/mol. The van der Waals surface area contributed by atoms with E-state index in [1.54, 1.807) is 25.3 Å². The topological polar surface area (TPSA) is 67.6 Å². The summed E-state index contributed by atoms with van der Waals surface area (Å²) in [5, 5.41) is 3.32. The van der Waals surface area contributed by atoms with E-state index >= 15 is 0 Å². The molecule has 1 unspecified atom stereocenters. The van der Waals surface area contributed by atoms with E-state index < -0.39 is 0 Å². The second kappa shape index (κ2) is 8.44. The molecule has 1 fully saturated rings. The number of nitrogens with zero attached hydrogens (tertiary/aromatic N) is 1. The van der Waals surface area contributed by atoms with Crippen molar-refractivity contribution < 1.29 is 9.53 Å². The van der Waals surface area contributed by atoms with Crippen molar-refractivity contribution in [2.75, 3.05) is 38.6 Å². The SMILES string of the molecule is COc1ccc(NC(=O)CN2CCC(CN)C2)cc1Cl.Cl. The van der Waals surface area contributed by atoms with Crippen LogP contribution in [0.2, 0.25) is 5.02 Å². The van der Waals surface area contributed by atoms with Gasteiger partial charge in [-0.1, -0.05) is 11.6 Å². The number of carbonyl (C=O) groups excluding carboxylic acids is 1. The van der Waals surface area contributed by atoms with Gasteiger partial charge in [0.05, 0.1) is 18.7 Å². The van der Waals surface area contributed by atoms with Crippen LogP contribution in [-0.2, 0) is 4.79 Å². The number of amides is 1. The number of likely N-dealkylation sites (tertiary alicyclic amines) is 1. The van der Waals surface area contributed by atoms with Crippen molar-refractivity contribution in [3.8, 4) is 5.75 Å². The highest BCUT2D eigenvalue weighted by molar-refractivity contribution is 6.32. The number of nitrogens with two attached hydrogens (primary N) is 1. The first-order valence-electron chi connectivity index (χ1n) is 6.68. The summed E-state index contributed by atoms with van der Waals surface area (Å²) in [6, 6.07) is 5.19. The fourth-order valence-corrected chi connectivity index (χ4v) is 2.65. The highest BCUT2D eigenvalue weighted by Gasteiger charge is 2.22. The van der Waals surface area contributed by atoms with E-state index in [1.165, 1.54) is 0 Å². The molecule has 2 rings (SSSR count). The Balaban J connectivity index is 0.00000220. The largest absolute Gasteiger partial charge is 0.495 e. The van der Waals surface area contributed by atoms with Gasteiger partial charge in [0.2, 0.25) is 5.91 Å². The smallest absolute Gasteiger partial charge is 0.238 e. The lowest BCUT2D eigenvalue weighted by atomic mass is 10.1. The third kappa shape index (κ3) is 5.04. The van der Waals surface area contributed by atoms with Gasteiger partial charge in [-0.3, -0.25) is 9.69 Å². The quantitative estimate of drug-likeness (QED) is 0.864. The molecule has 1 aromatic carbocycles. The van der Waals surface area contributed by atoms with Crippen molar-refractivity contribution in [3.63, 3.8) is 0 Å². The standard InChI is InChI=1S/C14H20ClN3O2.ClH/c1-20-13-3-2-11(6-12(13)15)17-14(19)9-18-5-4-10(7-16)8-18;/h2-3,6,10H,4-5,7-9,16H2,1H3,(H,17,19);1H. The minimum Gasteiger partial charge on any atom is -0.495 e. The zero-order valence-corrected chi connectivity index (χ0v) is 13.5. The van der Waals surface area contributed by atoms with E-state index in [9.17, 15) is 4.79 Å². The minimum absolute atomic E-state index is 0. The van der Waals surface area contributed by atoms with E-state index in [2.05, 4.69) is 10.2 Å². The predicted molar refractivity (Wildman–Crippen MR) is 87.5 cm³/mol. The Kier molecular flexibility index (Phi) is 7.25. The number of methoxy groups -OCH3 is 1. The summed E-state index contributed by atoms with van der Waals surface area (Å²) in [6.07, 6.45) is 1.07. The Bertz CT molecular complexity index is 485. The van der Waals surface area contributed by atoms with E-state index in [0.717, 1.165) is 19.5 Å². The van der Waals surface area contributed by atoms with Gasteiger partial charge in [0.15, 0.2) is 0 Å². The van der Waals surface area contributed by atoms with Crippen LogP contribution in [0.5, 0.6) is 5.75 Å². The number of ether oxygens (including phenoxy) is 1. The lowest BCUT2D eigenvalue weighted by Gasteiger charge is -2.15. The molecule has 1 atom stereocenters. The maximum Gasteiger partial charge on any atom is 0.238 e. The Labute approximate surface area is 136 Å². The summed E-state index contributed by atoms with van der Waals surface area (Å²) in [5.41, 5.74) is 6.32. The molecule has 1 aliphatic rings. The number of halogens is 2. The van der Waals surface area contributed by atoms with Crippen LogP contribution in [0.25, 0.3) is 0 Å². The molecule has 1 saturated heterocycles. The normalized spacial score (nSPS) is 18.1. The molecule has 118 valence electrons. The minimum atomic E-state index is -0.0381. The fraction of sp³-hybridized carbons (Fsp3) is 0.500. The Morgan fingerprint density at radius 1 is 1.57 bits per heavy atom. The van der Waals surface area contributed by atoms with Crippen LogP contribution in [0.4, 0.5) is 5.69 Å². The van der Waals surface area contributed by atoms with E-state index in [-0.39, 0.29) is 18.3 Å². The van der Waals surface area contributed by atoms with Gasteiger partial charge in [-0.2, -0.15) is 0 Å². The summed E-state index contributed by atoms with van der Waals surface area (Å²) < 4.78 is 5.07. The molecular weight excluding hydrogens is 313 g/mol. The number of carbonyl (C=O) groups is 1. The number of rotatable bonds is 5. The van der Waals surface area contributed by atoms with E-state index in [4.69, 9.17) is 22.1 Å². The van der Waals surface area contributed by atoms with Crippen LogP contribution in [0, 0.1) is 5.92 Å². The monoisotopic (exact) mass is 333 g/mol. The fourth-order valence-electron chi connectivity index (χ4n) is 2.40. The zero-order valence-electron chi connectivity index (χ0n) is 12.0. The molecule has 0 aromatic heterocycles. The van der Waals surface area contributed by atoms with Crippen LogP contribution in [0.3, 0.4) is 0 Å². The molecule has 7 heteroatoms. The van der Waals surface area contributed by atoms with Crippen LogP contribution < -0.4 is 15.8 Å². The summed E-state index contributed by atoms with van der Waals surface area (Å²) in [5.74, 6) is 1.07. The molecule has 0 bridgehead atoms.